The fraction of sp³-hybridized carbons (Fsp3) is 0.625. The molecule has 0 saturated heterocycles. The second kappa shape index (κ2) is 9.96. The summed E-state index contributed by atoms with van der Waals surface area (Å²) in [6.45, 7) is 0.440. The molecule has 0 bridgehead atoms. The molecule has 3 nitrogen and oxygen atoms in total. The fourth-order valence-corrected chi connectivity index (χ4v) is 2.53. The summed E-state index contributed by atoms with van der Waals surface area (Å²) in [6, 6.07) is 0. The van der Waals surface area contributed by atoms with Gasteiger partial charge in [0.15, 0.2) is 0 Å². The largest absolute Gasteiger partial charge is 0.396 e. The van der Waals surface area contributed by atoms with Gasteiger partial charge in [0.05, 0.1) is 0 Å². The third kappa shape index (κ3) is 6.19. The van der Waals surface area contributed by atoms with Crippen molar-refractivity contribution in [3.63, 3.8) is 0 Å². The minimum Gasteiger partial charge on any atom is -0.396 e. The Morgan fingerprint density at radius 1 is 1.05 bits per heavy atom. The fourth-order valence-electron chi connectivity index (χ4n) is 2.53. The molecule has 1 aliphatic rings. The Morgan fingerprint density at radius 2 is 1.89 bits per heavy atom. The van der Waals surface area contributed by atoms with Gasteiger partial charge in [0, 0.05) is 19.8 Å². The van der Waals surface area contributed by atoms with Crippen LogP contribution in [0.3, 0.4) is 0 Å². The summed E-state index contributed by atoms with van der Waals surface area (Å²) < 4.78 is 0. The van der Waals surface area contributed by atoms with E-state index < -0.39 is 0 Å². The summed E-state index contributed by atoms with van der Waals surface area (Å²) in [7, 11) is 0. The molecule has 1 rings (SSSR count). The van der Waals surface area contributed by atoms with Crippen LogP contribution in [0, 0.1) is 11.8 Å². The molecule has 108 valence electrons. The number of allylic oxidation sites excluding steroid dienone is 6. The molecule has 1 aliphatic carbocycles. The topological polar surface area (TPSA) is 60.7 Å². The van der Waals surface area contributed by atoms with Crippen molar-refractivity contribution < 1.29 is 15.3 Å². The van der Waals surface area contributed by atoms with Gasteiger partial charge in [-0.15, -0.1) is 0 Å². The molecule has 0 saturated carbocycles. The lowest BCUT2D eigenvalue weighted by Gasteiger charge is -2.23. The Hall–Kier alpha value is -0.900. The second-order valence-corrected chi connectivity index (χ2v) is 5.09. The van der Waals surface area contributed by atoms with Crippen LogP contribution in [0.2, 0.25) is 0 Å². The van der Waals surface area contributed by atoms with Crippen LogP contribution in [0.15, 0.2) is 36.0 Å². The van der Waals surface area contributed by atoms with Crippen molar-refractivity contribution in [1.82, 2.24) is 0 Å². The molecule has 2 unspecified atom stereocenters. The highest BCUT2D eigenvalue weighted by Gasteiger charge is 2.18. The third-order valence-electron chi connectivity index (χ3n) is 3.62. The zero-order valence-corrected chi connectivity index (χ0v) is 11.5. The summed E-state index contributed by atoms with van der Waals surface area (Å²) in [5.74, 6) is 0.492. The lowest BCUT2D eigenvalue weighted by molar-refractivity contribution is 0.163. The highest BCUT2D eigenvalue weighted by atomic mass is 16.3. The molecule has 0 aliphatic heterocycles. The second-order valence-electron chi connectivity index (χ2n) is 5.09. The standard InChI is InChI=1S/C16H26O3/c17-10-5-8-16(12-14(13-19)9-11-18)15-6-3-1-2-4-7-15/h1-3,6-7,14,16-19H,4-5,8-13H2. The molecular formula is C16H26O3. The Morgan fingerprint density at radius 3 is 2.58 bits per heavy atom. The van der Waals surface area contributed by atoms with Crippen molar-refractivity contribution in [2.24, 2.45) is 11.8 Å². The van der Waals surface area contributed by atoms with Crippen molar-refractivity contribution >= 4 is 0 Å². The van der Waals surface area contributed by atoms with Gasteiger partial charge in [0.2, 0.25) is 0 Å². The lowest BCUT2D eigenvalue weighted by Crippen LogP contribution is -2.16. The van der Waals surface area contributed by atoms with E-state index >= 15 is 0 Å². The molecule has 0 aromatic rings. The van der Waals surface area contributed by atoms with Crippen LogP contribution in [0.1, 0.15) is 32.1 Å². The average molecular weight is 266 g/mol. The summed E-state index contributed by atoms with van der Waals surface area (Å²) in [5, 5.41) is 27.4. The van der Waals surface area contributed by atoms with E-state index in [1.54, 1.807) is 0 Å². The number of hydrogen-bond donors (Lipinski definition) is 3. The Balaban J connectivity index is 2.67. The number of hydrogen-bond acceptors (Lipinski definition) is 3. The predicted molar refractivity (Wildman–Crippen MR) is 77.7 cm³/mol. The third-order valence-corrected chi connectivity index (χ3v) is 3.62. The molecule has 19 heavy (non-hydrogen) atoms. The van der Waals surface area contributed by atoms with Crippen LogP contribution in [0.25, 0.3) is 0 Å². The maximum Gasteiger partial charge on any atom is 0.0460 e. The van der Waals surface area contributed by atoms with Gasteiger partial charge in [-0.2, -0.15) is 0 Å². The molecule has 3 heteroatoms. The highest BCUT2D eigenvalue weighted by molar-refractivity contribution is 5.28. The van der Waals surface area contributed by atoms with E-state index in [4.69, 9.17) is 10.2 Å². The van der Waals surface area contributed by atoms with E-state index in [2.05, 4.69) is 18.2 Å². The monoisotopic (exact) mass is 266 g/mol. The van der Waals surface area contributed by atoms with E-state index in [1.807, 2.05) is 12.2 Å². The molecular weight excluding hydrogens is 240 g/mol. The molecule has 2 atom stereocenters. The van der Waals surface area contributed by atoms with Gasteiger partial charge >= 0.3 is 0 Å². The van der Waals surface area contributed by atoms with Crippen LogP contribution in [-0.2, 0) is 0 Å². The Kier molecular flexibility index (Phi) is 8.47. The van der Waals surface area contributed by atoms with Gasteiger partial charge in [-0.1, -0.05) is 30.4 Å². The first-order valence-electron chi connectivity index (χ1n) is 7.17. The van der Waals surface area contributed by atoms with Gasteiger partial charge in [0.1, 0.15) is 0 Å². The summed E-state index contributed by atoms with van der Waals surface area (Å²) >= 11 is 0. The van der Waals surface area contributed by atoms with Crippen molar-refractivity contribution in [3.8, 4) is 0 Å². The minimum atomic E-state index is 0.116. The quantitative estimate of drug-likeness (QED) is 0.599. The maximum atomic E-state index is 9.38. The lowest BCUT2D eigenvalue weighted by atomic mass is 9.84. The van der Waals surface area contributed by atoms with Crippen LogP contribution >= 0.6 is 0 Å². The minimum absolute atomic E-state index is 0.116. The number of rotatable bonds is 9. The highest BCUT2D eigenvalue weighted by Crippen LogP contribution is 2.28. The van der Waals surface area contributed by atoms with E-state index in [9.17, 15) is 5.11 Å². The molecule has 0 radical (unpaired) electrons. The van der Waals surface area contributed by atoms with Crippen molar-refractivity contribution in [2.75, 3.05) is 19.8 Å². The zero-order valence-electron chi connectivity index (χ0n) is 11.5. The molecule has 0 spiro atoms. The molecule has 0 heterocycles. The first-order valence-corrected chi connectivity index (χ1v) is 7.17. The molecule has 3 N–H and O–H groups in total. The Labute approximate surface area is 116 Å². The molecule has 0 fully saturated rings. The summed E-state index contributed by atoms with van der Waals surface area (Å²) in [6.07, 6.45) is 14.7. The van der Waals surface area contributed by atoms with Crippen LogP contribution < -0.4 is 0 Å². The van der Waals surface area contributed by atoms with E-state index in [1.165, 1.54) is 5.57 Å². The normalized spacial score (nSPS) is 17.9. The smallest absolute Gasteiger partial charge is 0.0460 e. The first kappa shape index (κ1) is 16.2. The zero-order chi connectivity index (χ0) is 13.9. The Bertz CT molecular complexity index is 318. The van der Waals surface area contributed by atoms with E-state index in [0.29, 0.717) is 12.3 Å². The van der Waals surface area contributed by atoms with Gasteiger partial charge < -0.3 is 15.3 Å². The number of aliphatic hydroxyl groups excluding tert-OH is 3. The molecule has 0 amide bonds. The summed E-state index contributed by atoms with van der Waals surface area (Å²) in [4.78, 5) is 0. The van der Waals surface area contributed by atoms with Crippen LogP contribution in [0.5, 0.6) is 0 Å². The van der Waals surface area contributed by atoms with Crippen molar-refractivity contribution in [3.05, 3.63) is 36.0 Å². The number of aliphatic hydroxyl groups is 3. The SMILES string of the molecule is OCCCC(CC(CO)CCO)C1=CCC=CC=C1. The van der Waals surface area contributed by atoms with Gasteiger partial charge in [-0.3, -0.25) is 0 Å². The average Bonchev–Trinajstić information content (AvgIpc) is 2.71. The first-order chi connectivity index (χ1) is 9.31. The summed E-state index contributed by atoms with van der Waals surface area (Å²) in [5.41, 5.74) is 1.29. The molecule has 0 aromatic heterocycles. The van der Waals surface area contributed by atoms with Gasteiger partial charge in [-0.05, 0) is 49.5 Å². The van der Waals surface area contributed by atoms with Crippen molar-refractivity contribution in [1.29, 1.82) is 0 Å². The van der Waals surface area contributed by atoms with E-state index in [0.717, 1.165) is 25.7 Å². The van der Waals surface area contributed by atoms with E-state index in [-0.39, 0.29) is 25.7 Å². The predicted octanol–water partition coefficient (Wildman–Crippen LogP) is 2.20. The van der Waals surface area contributed by atoms with Gasteiger partial charge in [-0.25, -0.2) is 0 Å². The van der Waals surface area contributed by atoms with Crippen LogP contribution in [0.4, 0.5) is 0 Å². The van der Waals surface area contributed by atoms with Gasteiger partial charge in [0.25, 0.3) is 0 Å². The van der Waals surface area contributed by atoms with Crippen LogP contribution in [-0.4, -0.2) is 35.1 Å². The maximum absolute atomic E-state index is 9.38. The van der Waals surface area contributed by atoms with Crippen molar-refractivity contribution in [2.45, 2.75) is 32.1 Å². The molecule has 0 aromatic carbocycles.